The summed E-state index contributed by atoms with van der Waals surface area (Å²) in [6.07, 6.45) is 4.69. The topological polar surface area (TPSA) is 30.0 Å². The fourth-order valence-corrected chi connectivity index (χ4v) is 1.65. The maximum absolute atomic E-state index is 11.3. The number of Topliss-reactive ketones (excluding diaryl/α,β-unsaturated/α-hetero) is 1. The van der Waals surface area contributed by atoms with Gasteiger partial charge in [-0.15, -0.1) is 0 Å². The monoisotopic (exact) mass is 175 g/mol. The van der Waals surface area contributed by atoms with Gasteiger partial charge in [-0.25, -0.2) is 0 Å². The van der Waals surface area contributed by atoms with Gasteiger partial charge in [-0.2, -0.15) is 0 Å². The number of rotatable bonds is 3. The van der Waals surface area contributed by atoms with Crippen LogP contribution in [0.1, 0.15) is 25.5 Å². The van der Waals surface area contributed by atoms with E-state index in [1.165, 1.54) is 0 Å². The van der Waals surface area contributed by atoms with Crippen molar-refractivity contribution < 1.29 is 4.79 Å². The molecule has 0 aromatic carbocycles. The summed E-state index contributed by atoms with van der Waals surface area (Å²) < 4.78 is 0. The Morgan fingerprint density at radius 3 is 2.77 bits per heavy atom. The molecular formula is C11H13NO. The van der Waals surface area contributed by atoms with Gasteiger partial charge in [-0.3, -0.25) is 9.78 Å². The molecule has 1 saturated carbocycles. The van der Waals surface area contributed by atoms with Crippen LogP contribution in [0.5, 0.6) is 0 Å². The molecule has 1 heterocycles. The molecule has 0 unspecified atom stereocenters. The van der Waals surface area contributed by atoms with Gasteiger partial charge >= 0.3 is 0 Å². The molecule has 1 aromatic rings. The van der Waals surface area contributed by atoms with Crippen LogP contribution < -0.4 is 0 Å². The summed E-state index contributed by atoms with van der Waals surface area (Å²) in [5, 5.41) is 0. The molecule has 0 spiro atoms. The minimum absolute atomic E-state index is 0.0473. The van der Waals surface area contributed by atoms with Crippen molar-refractivity contribution in [3.05, 3.63) is 30.1 Å². The van der Waals surface area contributed by atoms with E-state index < -0.39 is 0 Å². The third kappa shape index (κ3) is 1.62. The highest BCUT2D eigenvalue weighted by Crippen LogP contribution is 2.48. The average molecular weight is 175 g/mol. The number of carbonyl (C=O) groups excluding carboxylic acids is 1. The fourth-order valence-electron chi connectivity index (χ4n) is 1.65. The zero-order valence-electron chi connectivity index (χ0n) is 7.79. The van der Waals surface area contributed by atoms with E-state index in [1.54, 1.807) is 13.1 Å². The van der Waals surface area contributed by atoms with Crippen LogP contribution >= 0.6 is 0 Å². The Morgan fingerprint density at radius 1 is 1.54 bits per heavy atom. The Balaban J connectivity index is 2.11. The SMILES string of the molecule is CC(=O)C1(Cc2ccccn2)CC1. The Kier molecular flexibility index (Phi) is 1.91. The first kappa shape index (κ1) is 8.42. The molecular weight excluding hydrogens is 162 g/mol. The highest BCUT2D eigenvalue weighted by atomic mass is 16.1. The van der Waals surface area contributed by atoms with Crippen molar-refractivity contribution in [2.45, 2.75) is 26.2 Å². The van der Waals surface area contributed by atoms with Gasteiger partial charge in [-0.1, -0.05) is 6.07 Å². The standard InChI is InChI=1S/C11H13NO/c1-9(13)11(5-6-11)8-10-4-2-3-7-12-10/h2-4,7H,5-6,8H2,1H3. The van der Waals surface area contributed by atoms with Crippen molar-refractivity contribution in [1.29, 1.82) is 0 Å². The summed E-state index contributed by atoms with van der Waals surface area (Å²) in [5.41, 5.74) is 0.990. The van der Waals surface area contributed by atoms with Gasteiger partial charge in [0.25, 0.3) is 0 Å². The quantitative estimate of drug-likeness (QED) is 0.703. The van der Waals surface area contributed by atoms with Crippen LogP contribution in [0.15, 0.2) is 24.4 Å². The van der Waals surface area contributed by atoms with Crippen molar-refractivity contribution in [3.63, 3.8) is 0 Å². The fraction of sp³-hybridized carbons (Fsp3) is 0.455. The van der Waals surface area contributed by atoms with Crippen LogP contribution in [0.3, 0.4) is 0 Å². The summed E-state index contributed by atoms with van der Waals surface area (Å²) in [5.74, 6) is 0.318. The molecule has 0 saturated heterocycles. The first-order valence-corrected chi connectivity index (χ1v) is 4.64. The number of pyridine rings is 1. The lowest BCUT2D eigenvalue weighted by atomic mass is 9.96. The second-order valence-corrected chi connectivity index (χ2v) is 3.83. The lowest BCUT2D eigenvalue weighted by Gasteiger charge is -2.09. The van der Waals surface area contributed by atoms with E-state index in [-0.39, 0.29) is 5.41 Å². The molecule has 0 aliphatic heterocycles. The molecule has 0 N–H and O–H groups in total. The third-order valence-corrected chi connectivity index (χ3v) is 2.85. The first-order valence-electron chi connectivity index (χ1n) is 4.64. The zero-order chi connectivity index (χ0) is 9.31. The smallest absolute Gasteiger partial charge is 0.136 e. The lowest BCUT2D eigenvalue weighted by Crippen LogP contribution is -2.15. The predicted molar refractivity (Wildman–Crippen MR) is 50.3 cm³/mol. The normalized spacial score (nSPS) is 18.2. The van der Waals surface area contributed by atoms with Gasteiger partial charge < -0.3 is 0 Å². The van der Waals surface area contributed by atoms with Crippen LogP contribution in [-0.4, -0.2) is 10.8 Å². The maximum atomic E-state index is 11.3. The second kappa shape index (κ2) is 2.95. The summed E-state index contributed by atoms with van der Waals surface area (Å²) in [4.78, 5) is 15.5. The molecule has 2 rings (SSSR count). The van der Waals surface area contributed by atoms with Gasteiger partial charge in [0.05, 0.1) is 0 Å². The van der Waals surface area contributed by atoms with Crippen LogP contribution in [-0.2, 0) is 11.2 Å². The van der Waals surface area contributed by atoms with Crippen LogP contribution in [0, 0.1) is 5.41 Å². The number of aromatic nitrogens is 1. The highest BCUT2D eigenvalue weighted by molar-refractivity contribution is 5.85. The van der Waals surface area contributed by atoms with Gasteiger partial charge in [0, 0.05) is 23.7 Å². The first-order chi connectivity index (χ1) is 6.23. The molecule has 68 valence electrons. The molecule has 1 aliphatic rings. The van der Waals surface area contributed by atoms with E-state index in [0.29, 0.717) is 5.78 Å². The minimum Gasteiger partial charge on any atom is -0.299 e. The Bertz CT molecular complexity index is 314. The summed E-state index contributed by atoms with van der Waals surface area (Å²) in [7, 11) is 0. The average Bonchev–Trinajstić information content (AvgIpc) is 2.87. The van der Waals surface area contributed by atoms with Crippen molar-refractivity contribution >= 4 is 5.78 Å². The largest absolute Gasteiger partial charge is 0.299 e. The minimum atomic E-state index is -0.0473. The van der Waals surface area contributed by atoms with E-state index >= 15 is 0 Å². The van der Waals surface area contributed by atoms with Gasteiger partial charge in [-0.05, 0) is 31.9 Å². The van der Waals surface area contributed by atoms with E-state index in [2.05, 4.69) is 4.98 Å². The van der Waals surface area contributed by atoms with Crippen LogP contribution in [0.2, 0.25) is 0 Å². The zero-order valence-corrected chi connectivity index (χ0v) is 7.79. The molecule has 1 aromatic heterocycles. The number of ketones is 1. The van der Waals surface area contributed by atoms with E-state index in [4.69, 9.17) is 0 Å². The summed E-state index contributed by atoms with van der Waals surface area (Å²) in [6.45, 7) is 1.69. The lowest BCUT2D eigenvalue weighted by molar-refractivity contribution is -0.122. The van der Waals surface area contributed by atoms with Gasteiger partial charge in [0.2, 0.25) is 0 Å². The van der Waals surface area contributed by atoms with E-state index in [1.807, 2.05) is 18.2 Å². The van der Waals surface area contributed by atoms with Crippen molar-refractivity contribution in [2.75, 3.05) is 0 Å². The van der Waals surface area contributed by atoms with Crippen LogP contribution in [0.25, 0.3) is 0 Å². The molecule has 1 aliphatic carbocycles. The Labute approximate surface area is 78.0 Å². The molecule has 1 fully saturated rings. The highest BCUT2D eigenvalue weighted by Gasteiger charge is 2.47. The third-order valence-electron chi connectivity index (χ3n) is 2.85. The molecule has 2 heteroatoms. The van der Waals surface area contributed by atoms with Crippen LogP contribution in [0.4, 0.5) is 0 Å². The Morgan fingerprint density at radius 2 is 2.31 bits per heavy atom. The maximum Gasteiger partial charge on any atom is 0.136 e. The molecule has 2 nitrogen and oxygen atoms in total. The number of carbonyl (C=O) groups is 1. The predicted octanol–water partition coefficient (Wildman–Crippen LogP) is 1.99. The van der Waals surface area contributed by atoms with E-state index in [0.717, 1.165) is 25.0 Å². The molecule has 0 atom stereocenters. The molecule has 13 heavy (non-hydrogen) atoms. The summed E-state index contributed by atoms with van der Waals surface area (Å²) >= 11 is 0. The summed E-state index contributed by atoms with van der Waals surface area (Å²) in [6, 6.07) is 5.86. The molecule has 0 radical (unpaired) electrons. The van der Waals surface area contributed by atoms with Gasteiger partial charge in [0.1, 0.15) is 5.78 Å². The van der Waals surface area contributed by atoms with E-state index in [9.17, 15) is 4.79 Å². The van der Waals surface area contributed by atoms with Gasteiger partial charge in [0.15, 0.2) is 0 Å². The molecule has 0 amide bonds. The van der Waals surface area contributed by atoms with Crippen molar-refractivity contribution in [1.82, 2.24) is 4.98 Å². The number of hydrogen-bond acceptors (Lipinski definition) is 2. The number of nitrogens with zero attached hydrogens (tertiary/aromatic N) is 1. The van der Waals surface area contributed by atoms with Crippen molar-refractivity contribution in [3.8, 4) is 0 Å². The van der Waals surface area contributed by atoms with Crippen molar-refractivity contribution in [2.24, 2.45) is 5.41 Å². The number of hydrogen-bond donors (Lipinski definition) is 0. The molecule has 0 bridgehead atoms. The Hall–Kier alpha value is -1.18. The second-order valence-electron chi connectivity index (χ2n) is 3.83.